The molecule has 0 radical (unpaired) electrons. The fourth-order valence-electron chi connectivity index (χ4n) is 8.09. The lowest BCUT2D eigenvalue weighted by molar-refractivity contribution is 1.22. The molecular formula is C42H24N2S. The Hall–Kier alpha value is -5.64. The molecular weight excluding hydrogens is 565 g/mol. The smallest absolute Gasteiger partial charge is 0.0810 e. The normalized spacial score (nSPS) is 12.4. The molecule has 0 atom stereocenters. The number of rotatable bonds is 1. The SMILES string of the molecule is c1ccc2c(-n3c4cccc5c6ccccc6c6ccccc6n6c7ccccc7c3c6c54)c3c(cc2c1)sc1ccccc13. The maximum absolute atomic E-state index is 2.60. The zero-order chi connectivity index (χ0) is 29.2. The van der Waals surface area contributed by atoms with Crippen molar-refractivity contribution in [1.29, 1.82) is 0 Å². The lowest BCUT2D eigenvalue weighted by Gasteiger charge is -2.14. The van der Waals surface area contributed by atoms with E-state index in [1.165, 1.54) is 96.5 Å². The molecule has 0 aliphatic carbocycles. The van der Waals surface area contributed by atoms with Gasteiger partial charge in [-0.3, -0.25) is 0 Å². The first-order valence-corrected chi connectivity index (χ1v) is 16.3. The Morgan fingerprint density at radius 3 is 1.78 bits per heavy atom. The van der Waals surface area contributed by atoms with Gasteiger partial charge in [0.2, 0.25) is 0 Å². The predicted octanol–water partition coefficient (Wildman–Crippen LogP) is 12.0. The topological polar surface area (TPSA) is 9.34 Å². The minimum absolute atomic E-state index is 1.22. The fourth-order valence-corrected chi connectivity index (χ4v) is 9.25. The third kappa shape index (κ3) is 2.94. The van der Waals surface area contributed by atoms with E-state index in [0.29, 0.717) is 0 Å². The Bertz CT molecular complexity index is 3040. The Balaban J connectivity index is 1.54. The van der Waals surface area contributed by atoms with E-state index >= 15 is 0 Å². The molecule has 0 amide bonds. The summed E-state index contributed by atoms with van der Waals surface area (Å²) in [4.78, 5) is 0. The summed E-state index contributed by atoms with van der Waals surface area (Å²) < 4.78 is 7.78. The summed E-state index contributed by atoms with van der Waals surface area (Å²) >= 11 is 1.89. The Kier molecular flexibility index (Phi) is 4.49. The molecule has 0 saturated heterocycles. The van der Waals surface area contributed by atoms with Crippen molar-refractivity contribution in [1.82, 2.24) is 8.97 Å². The van der Waals surface area contributed by atoms with E-state index in [1.807, 2.05) is 11.3 Å². The van der Waals surface area contributed by atoms with Crippen LogP contribution in [0.2, 0.25) is 0 Å². The number of hydrogen-bond acceptors (Lipinski definition) is 1. The zero-order valence-electron chi connectivity index (χ0n) is 24.2. The zero-order valence-corrected chi connectivity index (χ0v) is 25.0. The van der Waals surface area contributed by atoms with Crippen molar-refractivity contribution in [3.05, 3.63) is 146 Å². The Morgan fingerprint density at radius 1 is 0.378 bits per heavy atom. The van der Waals surface area contributed by atoms with Crippen molar-refractivity contribution >= 4 is 102 Å². The van der Waals surface area contributed by atoms with E-state index in [0.717, 1.165) is 0 Å². The molecule has 0 bridgehead atoms. The van der Waals surface area contributed by atoms with E-state index < -0.39 is 0 Å². The third-order valence-corrected chi connectivity index (χ3v) is 10.9. The number of hydrogen-bond donors (Lipinski definition) is 0. The summed E-state index contributed by atoms with van der Waals surface area (Å²) in [5.41, 5.74) is 7.47. The van der Waals surface area contributed by atoms with Crippen LogP contribution in [0.5, 0.6) is 0 Å². The average molecular weight is 589 g/mol. The van der Waals surface area contributed by atoms with Crippen molar-refractivity contribution in [3.8, 4) is 5.69 Å². The molecule has 0 spiro atoms. The van der Waals surface area contributed by atoms with E-state index in [4.69, 9.17) is 0 Å². The second-order valence-corrected chi connectivity index (χ2v) is 13.1. The summed E-state index contributed by atoms with van der Waals surface area (Å²) in [5, 5.41) is 12.8. The Labute approximate surface area is 261 Å². The van der Waals surface area contributed by atoms with E-state index in [9.17, 15) is 0 Å². The molecule has 0 N–H and O–H groups in total. The fraction of sp³-hybridized carbons (Fsp3) is 0. The van der Waals surface area contributed by atoms with Gasteiger partial charge < -0.3 is 8.97 Å². The lowest BCUT2D eigenvalue weighted by atomic mass is 10.0. The van der Waals surface area contributed by atoms with Gasteiger partial charge in [0, 0.05) is 41.7 Å². The number of benzene rings is 7. The molecule has 0 aliphatic rings. The average Bonchev–Trinajstić information content (AvgIpc) is 3.74. The van der Waals surface area contributed by atoms with Gasteiger partial charge in [-0.05, 0) is 51.9 Å². The van der Waals surface area contributed by atoms with Gasteiger partial charge in [0.1, 0.15) is 0 Å². The van der Waals surface area contributed by atoms with Gasteiger partial charge >= 0.3 is 0 Å². The van der Waals surface area contributed by atoms with Crippen molar-refractivity contribution in [3.63, 3.8) is 0 Å². The molecule has 0 saturated carbocycles. The Morgan fingerprint density at radius 2 is 0.956 bits per heavy atom. The molecule has 208 valence electrons. The largest absolute Gasteiger partial charge is 0.306 e. The van der Waals surface area contributed by atoms with Crippen molar-refractivity contribution < 1.29 is 0 Å². The molecule has 4 heterocycles. The molecule has 45 heavy (non-hydrogen) atoms. The third-order valence-electron chi connectivity index (χ3n) is 9.83. The number of thiophene rings is 1. The molecule has 0 unspecified atom stereocenters. The molecule has 4 aromatic heterocycles. The minimum Gasteiger partial charge on any atom is -0.306 e. The number of para-hydroxylation sites is 2. The van der Waals surface area contributed by atoms with Gasteiger partial charge in [0.05, 0.1) is 33.3 Å². The predicted molar refractivity (Wildman–Crippen MR) is 195 cm³/mol. The van der Waals surface area contributed by atoms with Gasteiger partial charge in [0.25, 0.3) is 0 Å². The second-order valence-electron chi connectivity index (χ2n) is 12.1. The van der Waals surface area contributed by atoms with Gasteiger partial charge in [-0.2, -0.15) is 0 Å². The number of nitrogens with zero attached hydrogens (tertiary/aromatic N) is 2. The van der Waals surface area contributed by atoms with Crippen LogP contribution in [0.4, 0.5) is 0 Å². The van der Waals surface area contributed by atoms with E-state index in [2.05, 4.69) is 155 Å². The van der Waals surface area contributed by atoms with Crippen LogP contribution in [0.1, 0.15) is 0 Å². The van der Waals surface area contributed by atoms with Crippen molar-refractivity contribution in [2.45, 2.75) is 0 Å². The molecule has 11 rings (SSSR count). The minimum atomic E-state index is 1.22. The standard InChI is InChI=1S/C42H24N2S/c1-2-13-26-25(12-1)24-37-39(32-18-7-10-23-36(32)45-37)40(26)44-35-22-11-19-30-28-15-4-3-14-27(28)29-16-5-8-20-33(29)43-34-21-9-6-17-31(34)41(44)42(43)38(30)35/h1-24H. The first kappa shape index (κ1) is 23.8. The number of aromatic nitrogens is 2. The highest BCUT2D eigenvalue weighted by atomic mass is 32.1. The molecule has 3 heteroatoms. The van der Waals surface area contributed by atoms with Crippen LogP contribution in [-0.2, 0) is 0 Å². The van der Waals surface area contributed by atoms with Gasteiger partial charge in [-0.25, -0.2) is 0 Å². The molecule has 11 aromatic rings. The highest BCUT2D eigenvalue weighted by Crippen LogP contribution is 2.48. The van der Waals surface area contributed by atoms with Gasteiger partial charge in [-0.15, -0.1) is 11.3 Å². The maximum Gasteiger partial charge on any atom is 0.0810 e. The summed E-state index contributed by atoms with van der Waals surface area (Å²) in [6.07, 6.45) is 0. The lowest BCUT2D eigenvalue weighted by Crippen LogP contribution is -1.96. The molecule has 0 aliphatic heterocycles. The first-order valence-electron chi connectivity index (χ1n) is 15.5. The summed E-state index contributed by atoms with van der Waals surface area (Å²) in [5.74, 6) is 0. The van der Waals surface area contributed by atoms with Crippen LogP contribution in [0.3, 0.4) is 0 Å². The van der Waals surface area contributed by atoms with Crippen LogP contribution in [-0.4, -0.2) is 8.97 Å². The molecule has 0 fully saturated rings. The van der Waals surface area contributed by atoms with E-state index in [-0.39, 0.29) is 0 Å². The highest BCUT2D eigenvalue weighted by molar-refractivity contribution is 7.26. The van der Waals surface area contributed by atoms with E-state index in [1.54, 1.807) is 0 Å². The van der Waals surface area contributed by atoms with Crippen LogP contribution in [0.25, 0.3) is 96.5 Å². The van der Waals surface area contributed by atoms with Gasteiger partial charge in [0.15, 0.2) is 0 Å². The van der Waals surface area contributed by atoms with Crippen molar-refractivity contribution in [2.75, 3.05) is 0 Å². The summed E-state index contributed by atoms with van der Waals surface area (Å²) in [6, 6.07) is 53.9. The summed E-state index contributed by atoms with van der Waals surface area (Å²) in [7, 11) is 0. The van der Waals surface area contributed by atoms with Crippen LogP contribution in [0.15, 0.2) is 146 Å². The van der Waals surface area contributed by atoms with Crippen molar-refractivity contribution in [2.24, 2.45) is 0 Å². The quantitative estimate of drug-likeness (QED) is 0.180. The van der Waals surface area contributed by atoms with Crippen LogP contribution >= 0.6 is 11.3 Å². The maximum atomic E-state index is 2.60. The first-order chi connectivity index (χ1) is 22.4. The summed E-state index contributed by atoms with van der Waals surface area (Å²) in [6.45, 7) is 0. The molecule has 2 nitrogen and oxygen atoms in total. The molecule has 7 aromatic carbocycles. The highest BCUT2D eigenvalue weighted by Gasteiger charge is 2.25. The monoisotopic (exact) mass is 588 g/mol. The van der Waals surface area contributed by atoms with Gasteiger partial charge in [-0.1, -0.05) is 115 Å². The number of fused-ring (bicyclic) bond motifs is 12. The van der Waals surface area contributed by atoms with Crippen LogP contribution < -0.4 is 0 Å². The van der Waals surface area contributed by atoms with Crippen LogP contribution in [0, 0.1) is 0 Å². The second kappa shape index (κ2) is 8.50.